The first kappa shape index (κ1) is 19.7. The predicted octanol–water partition coefficient (Wildman–Crippen LogP) is 3.93. The van der Waals surface area contributed by atoms with E-state index < -0.39 is 11.9 Å². The van der Waals surface area contributed by atoms with E-state index in [2.05, 4.69) is 5.32 Å². The number of nitrogens with zero attached hydrogens (tertiary/aromatic N) is 1. The second-order valence-electron chi connectivity index (χ2n) is 6.51. The van der Waals surface area contributed by atoms with Gasteiger partial charge < -0.3 is 14.6 Å². The van der Waals surface area contributed by atoms with Gasteiger partial charge in [0.15, 0.2) is 5.76 Å². The molecule has 0 spiro atoms. The summed E-state index contributed by atoms with van der Waals surface area (Å²) in [5.74, 6) is -0.427. The summed E-state index contributed by atoms with van der Waals surface area (Å²) in [6.07, 6.45) is 1.81. The van der Waals surface area contributed by atoms with Crippen LogP contribution in [0.2, 0.25) is 5.02 Å². The summed E-state index contributed by atoms with van der Waals surface area (Å²) >= 11 is 5.92. The number of halogens is 1. The number of amides is 2. The van der Waals surface area contributed by atoms with Crippen LogP contribution in [0.5, 0.6) is 0 Å². The monoisotopic (exact) mass is 396 g/mol. The Bertz CT molecular complexity index is 909. The molecule has 0 aliphatic rings. The van der Waals surface area contributed by atoms with Gasteiger partial charge in [-0.25, -0.2) is 0 Å². The number of carbonyl (C=O) groups excluding carboxylic acids is 2. The SMILES string of the molecule is CN(Cc1ccc(Cl)cc1)C(=O)C(Cc1ccccc1)NC(=O)c1ccco1. The fourth-order valence-electron chi connectivity index (χ4n) is 2.89. The zero-order chi connectivity index (χ0) is 19.9. The lowest BCUT2D eigenvalue weighted by molar-refractivity contribution is -0.132. The van der Waals surface area contributed by atoms with Gasteiger partial charge in [0.25, 0.3) is 5.91 Å². The van der Waals surface area contributed by atoms with Crippen molar-refractivity contribution >= 4 is 23.4 Å². The Labute approximate surface area is 168 Å². The molecule has 0 saturated carbocycles. The summed E-state index contributed by atoms with van der Waals surface area (Å²) in [5, 5.41) is 3.44. The average Bonchev–Trinajstić information content (AvgIpc) is 3.24. The summed E-state index contributed by atoms with van der Waals surface area (Å²) in [7, 11) is 1.72. The molecule has 1 atom stereocenters. The maximum absolute atomic E-state index is 13.1. The molecule has 3 rings (SSSR count). The van der Waals surface area contributed by atoms with E-state index >= 15 is 0 Å². The lowest BCUT2D eigenvalue weighted by atomic mass is 10.0. The van der Waals surface area contributed by atoms with Crippen molar-refractivity contribution in [2.24, 2.45) is 0 Å². The molecule has 0 fully saturated rings. The summed E-state index contributed by atoms with van der Waals surface area (Å²) in [6.45, 7) is 0.415. The van der Waals surface area contributed by atoms with Crippen LogP contribution in [0.25, 0.3) is 0 Å². The average molecular weight is 397 g/mol. The summed E-state index contributed by atoms with van der Waals surface area (Å²) in [4.78, 5) is 27.1. The molecular weight excluding hydrogens is 376 g/mol. The maximum atomic E-state index is 13.1. The molecule has 5 nitrogen and oxygen atoms in total. The van der Waals surface area contributed by atoms with Crippen molar-refractivity contribution in [2.45, 2.75) is 19.0 Å². The Morgan fingerprint density at radius 2 is 1.71 bits per heavy atom. The lowest BCUT2D eigenvalue weighted by Gasteiger charge is -2.24. The third kappa shape index (κ3) is 5.24. The van der Waals surface area contributed by atoms with E-state index in [0.717, 1.165) is 11.1 Å². The van der Waals surface area contributed by atoms with Gasteiger partial charge in [0.1, 0.15) is 6.04 Å². The van der Waals surface area contributed by atoms with Crippen LogP contribution >= 0.6 is 11.6 Å². The van der Waals surface area contributed by atoms with Crippen LogP contribution < -0.4 is 5.32 Å². The highest BCUT2D eigenvalue weighted by Gasteiger charge is 2.25. The topological polar surface area (TPSA) is 62.6 Å². The number of furan rings is 1. The van der Waals surface area contributed by atoms with Gasteiger partial charge in [0.2, 0.25) is 5.91 Å². The Morgan fingerprint density at radius 3 is 2.36 bits per heavy atom. The molecule has 2 amide bonds. The van der Waals surface area contributed by atoms with E-state index in [9.17, 15) is 9.59 Å². The van der Waals surface area contributed by atoms with E-state index in [1.54, 1.807) is 36.2 Å². The number of rotatable bonds is 7. The molecular formula is C22H21ClN2O3. The molecule has 0 bridgehead atoms. The van der Waals surface area contributed by atoms with Crippen LogP contribution in [0.3, 0.4) is 0 Å². The zero-order valence-corrected chi connectivity index (χ0v) is 16.2. The van der Waals surface area contributed by atoms with Gasteiger partial charge in [-0.05, 0) is 35.4 Å². The van der Waals surface area contributed by atoms with Crippen LogP contribution in [0.4, 0.5) is 0 Å². The molecule has 0 aliphatic heterocycles. The summed E-state index contributed by atoms with van der Waals surface area (Å²) in [5.41, 5.74) is 1.91. The van der Waals surface area contributed by atoms with Crippen LogP contribution in [-0.2, 0) is 17.8 Å². The van der Waals surface area contributed by atoms with Crippen molar-refractivity contribution in [3.63, 3.8) is 0 Å². The van der Waals surface area contributed by atoms with Crippen LogP contribution in [0, 0.1) is 0 Å². The van der Waals surface area contributed by atoms with Gasteiger partial charge in [0.05, 0.1) is 6.26 Å². The first-order chi connectivity index (χ1) is 13.5. The van der Waals surface area contributed by atoms with Crippen molar-refractivity contribution in [3.05, 3.63) is 94.9 Å². The molecule has 1 unspecified atom stereocenters. The Balaban J connectivity index is 1.74. The second-order valence-corrected chi connectivity index (χ2v) is 6.95. The fourth-order valence-corrected chi connectivity index (χ4v) is 3.02. The van der Waals surface area contributed by atoms with E-state index in [4.69, 9.17) is 16.0 Å². The Morgan fingerprint density at radius 1 is 1.00 bits per heavy atom. The van der Waals surface area contributed by atoms with E-state index in [1.165, 1.54) is 6.26 Å². The van der Waals surface area contributed by atoms with Crippen LogP contribution in [-0.4, -0.2) is 29.8 Å². The van der Waals surface area contributed by atoms with E-state index in [1.807, 2.05) is 42.5 Å². The highest BCUT2D eigenvalue weighted by atomic mass is 35.5. The molecule has 1 heterocycles. The van der Waals surface area contributed by atoms with Crippen molar-refractivity contribution in [1.29, 1.82) is 0 Å². The molecule has 2 aromatic carbocycles. The number of hydrogen-bond acceptors (Lipinski definition) is 3. The predicted molar refractivity (Wildman–Crippen MR) is 108 cm³/mol. The molecule has 0 aliphatic carbocycles. The molecule has 1 N–H and O–H groups in total. The maximum Gasteiger partial charge on any atom is 0.287 e. The van der Waals surface area contributed by atoms with Crippen LogP contribution in [0.1, 0.15) is 21.7 Å². The number of likely N-dealkylation sites (N-methyl/N-ethyl adjacent to an activating group) is 1. The highest BCUT2D eigenvalue weighted by Crippen LogP contribution is 2.13. The van der Waals surface area contributed by atoms with E-state index in [0.29, 0.717) is 18.0 Å². The molecule has 0 radical (unpaired) electrons. The molecule has 1 aromatic heterocycles. The molecule has 6 heteroatoms. The van der Waals surface area contributed by atoms with Crippen molar-refractivity contribution in [3.8, 4) is 0 Å². The summed E-state index contributed by atoms with van der Waals surface area (Å²) in [6, 6.07) is 19.4. The first-order valence-corrected chi connectivity index (χ1v) is 9.28. The first-order valence-electron chi connectivity index (χ1n) is 8.90. The third-order valence-corrected chi connectivity index (χ3v) is 4.59. The molecule has 144 valence electrons. The van der Waals surface area contributed by atoms with Crippen molar-refractivity contribution in [1.82, 2.24) is 10.2 Å². The lowest BCUT2D eigenvalue weighted by Crippen LogP contribution is -2.48. The third-order valence-electron chi connectivity index (χ3n) is 4.34. The van der Waals surface area contributed by atoms with Gasteiger partial charge in [-0.15, -0.1) is 0 Å². The van der Waals surface area contributed by atoms with Gasteiger partial charge in [0, 0.05) is 25.0 Å². The minimum Gasteiger partial charge on any atom is -0.459 e. The largest absolute Gasteiger partial charge is 0.459 e. The molecule has 0 saturated heterocycles. The highest BCUT2D eigenvalue weighted by molar-refractivity contribution is 6.30. The zero-order valence-electron chi connectivity index (χ0n) is 15.5. The minimum atomic E-state index is -0.711. The summed E-state index contributed by atoms with van der Waals surface area (Å²) < 4.78 is 5.14. The Hall–Kier alpha value is -3.05. The van der Waals surface area contributed by atoms with Crippen LogP contribution in [0.15, 0.2) is 77.4 Å². The minimum absolute atomic E-state index is 0.172. The van der Waals surface area contributed by atoms with Gasteiger partial charge in [-0.1, -0.05) is 54.1 Å². The number of benzene rings is 2. The molecule has 28 heavy (non-hydrogen) atoms. The standard InChI is InChI=1S/C22H21ClN2O3/c1-25(15-17-9-11-18(23)12-10-17)22(27)19(14-16-6-3-2-4-7-16)24-21(26)20-8-5-13-28-20/h2-13,19H,14-15H2,1H3,(H,24,26). The molecule has 3 aromatic rings. The second kappa shape index (κ2) is 9.24. The number of carbonyl (C=O) groups is 2. The quantitative estimate of drug-likeness (QED) is 0.658. The smallest absolute Gasteiger partial charge is 0.287 e. The van der Waals surface area contributed by atoms with Gasteiger partial charge in [-0.3, -0.25) is 9.59 Å². The Kier molecular flexibility index (Phi) is 6.50. The van der Waals surface area contributed by atoms with Gasteiger partial charge in [-0.2, -0.15) is 0 Å². The van der Waals surface area contributed by atoms with Gasteiger partial charge >= 0.3 is 0 Å². The van der Waals surface area contributed by atoms with Crippen molar-refractivity contribution in [2.75, 3.05) is 7.05 Å². The normalized spacial score (nSPS) is 11.6. The number of hydrogen-bond donors (Lipinski definition) is 1. The van der Waals surface area contributed by atoms with E-state index in [-0.39, 0.29) is 11.7 Å². The van der Waals surface area contributed by atoms with Crippen molar-refractivity contribution < 1.29 is 14.0 Å². The number of nitrogens with one attached hydrogen (secondary N) is 1. The fraction of sp³-hybridized carbons (Fsp3) is 0.182.